The first-order valence-corrected chi connectivity index (χ1v) is 11.3. The normalized spacial score (nSPS) is 22.9. The molecule has 1 aromatic heterocycles. The molecule has 2 aliphatic heterocycles. The summed E-state index contributed by atoms with van der Waals surface area (Å²) >= 11 is 0. The van der Waals surface area contributed by atoms with Gasteiger partial charge in [-0.2, -0.15) is 0 Å². The van der Waals surface area contributed by atoms with Crippen LogP contribution in [0.2, 0.25) is 0 Å². The molecule has 1 fully saturated rings. The van der Waals surface area contributed by atoms with Crippen molar-refractivity contribution in [1.82, 2.24) is 14.8 Å². The highest BCUT2D eigenvalue weighted by Crippen LogP contribution is 2.34. The third-order valence-electron chi connectivity index (χ3n) is 6.93. The van der Waals surface area contributed by atoms with E-state index in [2.05, 4.69) is 5.32 Å². The molecule has 0 unspecified atom stereocenters. The number of nitrogens with zero attached hydrogens (tertiary/aromatic N) is 2. The third kappa shape index (κ3) is 3.48. The second-order valence-electron chi connectivity index (χ2n) is 9.11. The van der Waals surface area contributed by atoms with Gasteiger partial charge in [-0.05, 0) is 49.9 Å². The molecule has 6 heteroatoms. The van der Waals surface area contributed by atoms with Gasteiger partial charge in [0, 0.05) is 30.6 Å². The van der Waals surface area contributed by atoms with E-state index in [1.54, 1.807) is 4.90 Å². The molecule has 2 atom stereocenters. The summed E-state index contributed by atoms with van der Waals surface area (Å²) in [5, 5.41) is 4.10. The van der Waals surface area contributed by atoms with Gasteiger partial charge in [-0.3, -0.25) is 9.59 Å². The minimum atomic E-state index is -1.02. The molecule has 0 radical (unpaired) electrons. The smallest absolute Gasteiger partial charge is 0.271 e. The minimum absolute atomic E-state index is 0.0506. The lowest BCUT2D eigenvalue weighted by Gasteiger charge is -2.44. The largest absolute Gasteiger partial charge is 0.376 e. The van der Waals surface area contributed by atoms with E-state index in [4.69, 9.17) is 4.74 Å². The van der Waals surface area contributed by atoms with Gasteiger partial charge in [0.25, 0.3) is 5.91 Å². The van der Waals surface area contributed by atoms with Gasteiger partial charge in [-0.1, -0.05) is 42.5 Å². The highest BCUT2D eigenvalue weighted by molar-refractivity contribution is 6.03. The van der Waals surface area contributed by atoms with E-state index in [0.29, 0.717) is 25.3 Å². The number of para-hydroxylation sites is 1. The van der Waals surface area contributed by atoms with E-state index in [1.807, 2.05) is 73.0 Å². The van der Waals surface area contributed by atoms with Crippen LogP contribution in [-0.2, 0) is 22.6 Å². The van der Waals surface area contributed by atoms with Crippen LogP contribution < -0.4 is 5.32 Å². The minimum Gasteiger partial charge on any atom is -0.376 e. The molecule has 6 nitrogen and oxygen atoms in total. The number of nitrogens with one attached hydrogen (secondary N) is 1. The molecule has 0 spiro atoms. The highest BCUT2D eigenvalue weighted by atomic mass is 16.5. The predicted octanol–water partition coefficient (Wildman–Crippen LogP) is 3.66. The molecule has 32 heavy (non-hydrogen) atoms. The lowest BCUT2D eigenvalue weighted by atomic mass is 9.93. The first-order valence-electron chi connectivity index (χ1n) is 11.3. The van der Waals surface area contributed by atoms with Crippen molar-refractivity contribution in [2.24, 2.45) is 0 Å². The number of hydrogen-bond donors (Lipinski definition) is 1. The summed E-state index contributed by atoms with van der Waals surface area (Å²) in [5.41, 5.74) is 2.73. The number of aromatic nitrogens is 1. The second kappa shape index (κ2) is 8.10. The fourth-order valence-electron chi connectivity index (χ4n) is 4.91. The maximum atomic E-state index is 13.8. The monoisotopic (exact) mass is 431 g/mol. The summed E-state index contributed by atoms with van der Waals surface area (Å²) in [4.78, 5) is 29.1. The Kier molecular flexibility index (Phi) is 5.25. The van der Waals surface area contributed by atoms with Gasteiger partial charge in [-0.15, -0.1) is 0 Å². The summed E-state index contributed by atoms with van der Waals surface area (Å²) in [7, 11) is 0. The van der Waals surface area contributed by atoms with Crippen LogP contribution in [0.5, 0.6) is 0 Å². The number of hydrogen-bond acceptors (Lipinski definition) is 3. The number of rotatable bonds is 5. The Bertz CT molecular complexity index is 1180. The van der Waals surface area contributed by atoms with E-state index in [0.717, 1.165) is 41.5 Å². The van der Waals surface area contributed by atoms with E-state index in [-0.39, 0.29) is 17.9 Å². The van der Waals surface area contributed by atoms with Crippen molar-refractivity contribution in [2.45, 2.75) is 51.4 Å². The van der Waals surface area contributed by atoms with Gasteiger partial charge < -0.3 is 19.5 Å². The molecule has 1 saturated heterocycles. The molecule has 3 heterocycles. The zero-order valence-corrected chi connectivity index (χ0v) is 18.6. The maximum absolute atomic E-state index is 13.8. The van der Waals surface area contributed by atoms with Gasteiger partial charge in [0.15, 0.2) is 0 Å². The Morgan fingerprint density at radius 2 is 1.97 bits per heavy atom. The molecular formula is C26H29N3O3. The van der Waals surface area contributed by atoms with Crippen molar-refractivity contribution in [3.05, 3.63) is 71.4 Å². The average Bonchev–Trinajstić information content (AvgIpc) is 3.44. The first kappa shape index (κ1) is 20.8. The van der Waals surface area contributed by atoms with Gasteiger partial charge in [0.1, 0.15) is 11.2 Å². The van der Waals surface area contributed by atoms with Crippen molar-refractivity contribution < 1.29 is 14.3 Å². The van der Waals surface area contributed by atoms with E-state index >= 15 is 0 Å². The summed E-state index contributed by atoms with van der Waals surface area (Å²) in [5.74, 6) is -0.260. The lowest BCUT2D eigenvalue weighted by Crippen LogP contribution is -2.64. The van der Waals surface area contributed by atoms with Gasteiger partial charge in [0.2, 0.25) is 5.91 Å². The van der Waals surface area contributed by atoms with E-state index in [9.17, 15) is 9.59 Å². The second-order valence-corrected chi connectivity index (χ2v) is 9.11. The maximum Gasteiger partial charge on any atom is 0.271 e. The van der Waals surface area contributed by atoms with Crippen molar-refractivity contribution in [3.8, 4) is 0 Å². The number of amides is 2. The zero-order chi connectivity index (χ0) is 22.3. The fourth-order valence-corrected chi connectivity index (χ4v) is 4.91. The Balaban J connectivity index is 1.53. The highest BCUT2D eigenvalue weighted by Gasteiger charge is 2.47. The molecule has 0 bridgehead atoms. The molecular weight excluding hydrogens is 402 g/mol. The number of carbonyl (C=O) groups is 2. The van der Waals surface area contributed by atoms with Crippen molar-refractivity contribution in [2.75, 3.05) is 13.2 Å². The summed E-state index contributed by atoms with van der Waals surface area (Å²) in [6.07, 6.45) is 2.03. The van der Waals surface area contributed by atoms with E-state index in [1.165, 1.54) is 0 Å². The number of aryl methyl sites for hydroxylation is 1. The number of ether oxygens (including phenoxy) is 1. The topological polar surface area (TPSA) is 63.6 Å². The molecule has 2 aliphatic rings. The van der Waals surface area contributed by atoms with Crippen LogP contribution in [-0.4, -0.2) is 46.1 Å². The van der Waals surface area contributed by atoms with Gasteiger partial charge in [0.05, 0.1) is 12.6 Å². The Hall–Kier alpha value is -3.12. The molecule has 5 rings (SSSR count). The molecule has 1 N–H and O–H groups in total. The van der Waals surface area contributed by atoms with Crippen LogP contribution in [0.4, 0.5) is 0 Å². The Labute approximate surface area is 188 Å². The van der Waals surface area contributed by atoms with Crippen molar-refractivity contribution in [3.63, 3.8) is 0 Å². The van der Waals surface area contributed by atoms with Crippen LogP contribution >= 0.6 is 0 Å². The number of fused-ring (bicyclic) bond motifs is 3. The summed E-state index contributed by atoms with van der Waals surface area (Å²) in [6, 6.07) is 17.9. The van der Waals surface area contributed by atoms with Gasteiger partial charge in [-0.25, -0.2) is 0 Å². The van der Waals surface area contributed by atoms with Crippen molar-refractivity contribution >= 4 is 22.7 Å². The number of benzene rings is 2. The lowest BCUT2D eigenvalue weighted by molar-refractivity contribution is -0.133. The van der Waals surface area contributed by atoms with E-state index < -0.39 is 5.54 Å². The zero-order valence-electron chi connectivity index (χ0n) is 18.6. The van der Waals surface area contributed by atoms with Crippen LogP contribution in [0, 0.1) is 6.92 Å². The SMILES string of the molecule is Cc1ccccc1CN1C(=O)c2cc3ccccc3n2C[C@@]1(C)C(=O)NC[C@H]1CCCO1. The molecule has 166 valence electrons. The quantitative estimate of drug-likeness (QED) is 0.671. The van der Waals surface area contributed by atoms with Crippen LogP contribution in [0.15, 0.2) is 54.6 Å². The molecule has 3 aromatic rings. The molecule has 2 amide bonds. The Morgan fingerprint density at radius 1 is 1.19 bits per heavy atom. The van der Waals surface area contributed by atoms with Crippen LogP contribution in [0.25, 0.3) is 10.9 Å². The molecule has 0 aliphatic carbocycles. The standard InChI is InChI=1S/C26H29N3O3/c1-18-8-3-4-10-20(18)16-29-24(30)23-14-19-9-5-6-12-22(19)28(23)17-26(29,2)25(31)27-15-21-11-7-13-32-21/h3-6,8-10,12,14,21H,7,11,13,15-17H2,1-2H3,(H,27,31)/t21-,26+/m1/s1. The Morgan fingerprint density at radius 3 is 2.75 bits per heavy atom. The molecule has 2 aromatic carbocycles. The fraction of sp³-hybridized carbons (Fsp3) is 0.385. The molecule has 0 saturated carbocycles. The number of carbonyl (C=O) groups excluding carboxylic acids is 2. The first-order chi connectivity index (χ1) is 15.5. The van der Waals surface area contributed by atoms with Gasteiger partial charge >= 0.3 is 0 Å². The van der Waals surface area contributed by atoms with Crippen LogP contribution in [0.3, 0.4) is 0 Å². The van der Waals surface area contributed by atoms with Crippen molar-refractivity contribution in [1.29, 1.82) is 0 Å². The third-order valence-corrected chi connectivity index (χ3v) is 6.93. The summed E-state index contributed by atoms with van der Waals surface area (Å²) in [6.45, 7) is 5.93. The summed E-state index contributed by atoms with van der Waals surface area (Å²) < 4.78 is 7.68. The van der Waals surface area contributed by atoms with Crippen LogP contribution in [0.1, 0.15) is 41.4 Å². The predicted molar refractivity (Wildman–Crippen MR) is 123 cm³/mol. The average molecular weight is 432 g/mol.